The average molecular weight is 969 g/mol. The third kappa shape index (κ3) is 13.0. The summed E-state index contributed by atoms with van der Waals surface area (Å²) in [6.45, 7) is 11.2. The summed E-state index contributed by atoms with van der Waals surface area (Å²) >= 11 is 0. The Morgan fingerprint density at radius 1 is 0.868 bits per heavy atom. The van der Waals surface area contributed by atoms with Gasteiger partial charge in [0.15, 0.2) is 0 Å². The van der Waals surface area contributed by atoms with Crippen LogP contribution in [0.15, 0.2) is 96.6 Å². The first-order valence-corrected chi connectivity index (χ1v) is 22.3. The number of epoxide rings is 1. The Morgan fingerprint density at radius 2 is 1.41 bits per heavy atom. The highest BCUT2D eigenvalue weighted by molar-refractivity contribution is 5.84. The number of alkyl halides is 6. The molecule has 1 fully saturated rings. The summed E-state index contributed by atoms with van der Waals surface area (Å²) in [6, 6.07) is 12.7. The summed E-state index contributed by atoms with van der Waals surface area (Å²) in [5.41, 5.74) is -9.20. The van der Waals surface area contributed by atoms with Crippen molar-refractivity contribution >= 4 is 23.9 Å². The third-order valence-corrected chi connectivity index (χ3v) is 12.5. The first kappa shape index (κ1) is 55.6. The zero-order valence-electron chi connectivity index (χ0n) is 39.6. The van der Waals surface area contributed by atoms with Gasteiger partial charge in [0, 0.05) is 44.1 Å². The quantitative estimate of drug-likeness (QED) is 0.0401. The highest BCUT2D eigenvalue weighted by Crippen LogP contribution is 2.46. The van der Waals surface area contributed by atoms with Crippen LogP contribution in [0.5, 0.6) is 0 Å². The molecule has 12 nitrogen and oxygen atoms in total. The lowest BCUT2D eigenvalue weighted by molar-refractivity contribution is -0.279. The summed E-state index contributed by atoms with van der Waals surface area (Å²) in [5, 5.41) is 11.5. The van der Waals surface area contributed by atoms with E-state index in [0.717, 1.165) is 38.3 Å². The minimum Gasteiger partial charge on any atom is -0.459 e. The fourth-order valence-electron chi connectivity index (χ4n) is 8.47. The number of esters is 4. The van der Waals surface area contributed by atoms with Gasteiger partial charge >= 0.3 is 36.2 Å². The number of aliphatic hydroxyl groups is 1. The average Bonchev–Trinajstić information content (AvgIpc) is 4.03. The molecule has 0 bridgehead atoms. The standard InChI is InChI=1S/C50H62F6O12/c1-10-38(67-45(60)48(63-9,50(54,55)56)36-22-15-12-16-23-36)33(5)43-39(66-43)28-30(2)18-17-19-31(3)42-32(4)24-25-40(64-34(6)57)46(7,61)27-26-37(29-41(58)68-42)65-44(59)47(62-8,49(51,52)53)35-20-13-11-14-21-35/h11-25,30,32-33,37-40,42-43,61H,10,26-29H2,1-9H3/b18-17+,25-24+,31-19+/t30-,32+,33-,37-,38+,39-,40+,42-,43-,46-,47-,48-/m1/s1. The van der Waals surface area contributed by atoms with Gasteiger partial charge in [-0.3, -0.25) is 9.59 Å². The van der Waals surface area contributed by atoms with Crippen molar-refractivity contribution < 1.29 is 83.8 Å². The maximum atomic E-state index is 14.8. The fraction of sp³-hybridized carbons (Fsp3) is 0.560. The third-order valence-electron chi connectivity index (χ3n) is 12.5. The molecule has 1 saturated heterocycles. The molecular formula is C50H62F6O12. The Balaban J connectivity index is 1.51. The molecular weight excluding hydrogens is 907 g/mol. The second-order valence-electron chi connectivity index (χ2n) is 17.7. The van der Waals surface area contributed by atoms with Crippen molar-refractivity contribution in [1.29, 1.82) is 0 Å². The van der Waals surface area contributed by atoms with Crippen LogP contribution in [0.3, 0.4) is 0 Å². The van der Waals surface area contributed by atoms with E-state index in [9.17, 15) is 50.6 Å². The van der Waals surface area contributed by atoms with Gasteiger partial charge in [0.25, 0.3) is 11.2 Å². The molecule has 0 aliphatic carbocycles. The number of carbonyl (C=O) groups is 4. The van der Waals surface area contributed by atoms with Gasteiger partial charge in [-0.25, -0.2) is 9.59 Å². The van der Waals surface area contributed by atoms with Crippen LogP contribution in [-0.4, -0.2) is 97.8 Å². The molecule has 0 spiro atoms. The van der Waals surface area contributed by atoms with Crippen LogP contribution in [0.25, 0.3) is 0 Å². The number of ether oxygens (including phenoxy) is 7. The lowest BCUT2D eigenvalue weighted by atomic mass is 9.88. The van der Waals surface area contributed by atoms with Gasteiger partial charge < -0.3 is 38.3 Å². The van der Waals surface area contributed by atoms with E-state index in [2.05, 4.69) is 0 Å². The van der Waals surface area contributed by atoms with Crippen molar-refractivity contribution in [3.05, 3.63) is 108 Å². The van der Waals surface area contributed by atoms with Crippen molar-refractivity contribution in [2.45, 2.75) is 146 Å². The monoisotopic (exact) mass is 968 g/mol. The summed E-state index contributed by atoms with van der Waals surface area (Å²) in [5.74, 6) is -6.29. The van der Waals surface area contributed by atoms with E-state index in [0.29, 0.717) is 19.1 Å². The van der Waals surface area contributed by atoms with E-state index in [1.54, 1.807) is 45.9 Å². The Kier molecular flexibility index (Phi) is 18.8. The second kappa shape index (κ2) is 23.0. The molecule has 0 unspecified atom stereocenters. The van der Waals surface area contributed by atoms with Crippen LogP contribution in [-0.2, 0) is 63.5 Å². The number of hydrogen-bond acceptors (Lipinski definition) is 12. The van der Waals surface area contributed by atoms with Crippen molar-refractivity contribution in [2.75, 3.05) is 14.2 Å². The van der Waals surface area contributed by atoms with Gasteiger partial charge in [0.05, 0.1) is 18.6 Å². The number of benzene rings is 2. The molecule has 0 aromatic heterocycles. The molecule has 2 aliphatic heterocycles. The molecule has 4 rings (SSSR count). The van der Waals surface area contributed by atoms with Gasteiger partial charge in [-0.15, -0.1) is 0 Å². The molecule has 68 heavy (non-hydrogen) atoms. The van der Waals surface area contributed by atoms with Crippen molar-refractivity contribution in [2.24, 2.45) is 17.8 Å². The van der Waals surface area contributed by atoms with Gasteiger partial charge in [-0.05, 0) is 57.1 Å². The van der Waals surface area contributed by atoms with E-state index in [-0.39, 0.29) is 31.3 Å². The number of halogens is 6. The molecule has 2 aromatic rings. The van der Waals surface area contributed by atoms with E-state index in [1.807, 2.05) is 13.0 Å². The minimum absolute atomic E-state index is 0.113. The molecule has 12 atom stereocenters. The van der Waals surface area contributed by atoms with Crippen LogP contribution < -0.4 is 0 Å². The van der Waals surface area contributed by atoms with E-state index in [1.165, 1.54) is 49.4 Å². The van der Waals surface area contributed by atoms with Crippen LogP contribution in [0.1, 0.15) is 91.7 Å². The molecule has 2 heterocycles. The summed E-state index contributed by atoms with van der Waals surface area (Å²) < 4.78 is 126. The maximum Gasteiger partial charge on any atom is 0.432 e. The lowest BCUT2D eigenvalue weighted by Crippen LogP contribution is -2.53. The van der Waals surface area contributed by atoms with Gasteiger partial charge in [0.2, 0.25) is 0 Å². The van der Waals surface area contributed by atoms with Gasteiger partial charge in [0.1, 0.15) is 30.0 Å². The fourth-order valence-corrected chi connectivity index (χ4v) is 8.47. The Labute approximate surface area is 393 Å². The molecule has 1 N–H and O–H groups in total. The predicted octanol–water partition coefficient (Wildman–Crippen LogP) is 9.33. The topological polar surface area (TPSA) is 156 Å². The molecule has 0 saturated carbocycles. The van der Waals surface area contributed by atoms with Crippen molar-refractivity contribution in [3.8, 4) is 0 Å². The molecule has 0 amide bonds. The lowest BCUT2D eigenvalue weighted by Gasteiger charge is -2.35. The number of allylic oxidation sites excluding steroid dienone is 3. The molecule has 2 aromatic carbocycles. The molecule has 18 heteroatoms. The number of rotatable bonds is 17. The van der Waals surface area contributed by atoms with Crippen LogP contribution in [0, 0.1) is 17.8 Å². The predicted molar refractivity (Wildman–Crippen MR) is 235 cm³/mol. The van der Waals surface area contributed by atoms with Crippen LogP contribution >= 0.6 is 0 Å². The Morgan fingerprint density at radius 3 is 1.91 bits per heavy atom. The van der Waals surface area contributed by atoms with Crippen LogP contribution in [0.4, 0.5) is 26.3 Å². The molecule has 2 aliphatic rings. The van der Waals surface area contributed by atoms with Gasteiger partial charge in [-0.1, -0.05) is 113 Å². The van der Waals surface area contributed by atoms with E-state index >= 15 is 0 Å². The summed E-state index contributed by atoms with van der Waals surface area (Å²) in [7, 11) is 1.51. The number of carbonyl (C=O) groups excluding carboxylic acids is 4. The zero-order valence-corrected chi connectivity index (χ0v) is 39.6. The van der Waals surface area contributed by atoms with Crippen LogP contribution in [0.2, 0.25) is 0 Å². The van der Waals surface area contributed by atoms with E-state index < -0.39 is 113 Å². The van der Waals surface area contributed by atoms with E-state index in [4.69, 9.17) is 33.2 Å². The Bertz CT molecular complexity index is 2110. The summed E-state index contributed by atoms with van der Waals surface area (Å²) in [4.78, 5) is 52.8. The number of methoxy groups -OCH3 is 2. The van der Waals surface area contributed by atoms with Crippen molar-refractivity contribution in [1.82, 2.24) is 0 Å². The first-order valence-electron chi connectivity index (χ1n) is 22.3. The minimum atomic E-state index is -5.30. The first-order chi connectivity index (χ1) is 31.8. The maximum absolute atomic E-state index is 14.8. The largest absolute Gasteiger partial charge is 0.459 e. The second-order valence-corrected chi connectivity index (χ2v) is 17.7. The van der Waals surface area contributed by atoms with Crippen molar-refractivity contribution in [3.63, 3.8) is 0 Å². The number of hydrogen-bond donors (Lipinski definition) is 1. The normalized spacial score (nSPS) is 27.7. The number of cyclic esters (lactones) is 1. The highest BCUT2D eigenvalue weighted by Gasteiger charge is 2.66. The molecule has 376 valence electrons. The zero-order chi connectivity index (χ0) is 50.8. The Hall–Kier alpha value is -5.04. The molecule has 0 radical (unpaired) electrons. The SMILES string of the molecule is CC[C@H](OC(=O)[C@](OC)(c1ccccc1)C(F)(F)F)[C@@H](C)[C@H]1O[C@@H]1C[C@H](C)/C=C/C=C(\C)[C@H]1OC(=O)C[C@H](OC(=O)[C@](OC)(c2ccccc2)C(F)(F)F)CC[C@@](C)(O)[C@@H](OC(C)=O)/C=C/[C@@H]1C. The highest BCUT2D eigenvalue weighted by atomic mass is 19.4. The summed E-state index contributed by atoms with van der Waals surface area (Å²) in [6.07, 6.45) is -8.24. The smallest absolute Gasteiger partial charge is 0.432 e. The van der Waals surface area contributed by atoms with Gasteiger partial charge in [-0.2, -0.15) is 26.3 Å².